The first-order chi connectivity index (χ1) is 16.9. The van der Waals surface area contributed by atoms with E-state index in [1.807, 2.05) is 6.26 Å². The van der Waals surface area contributed by atoms with Gasteiger partial charge in [0.05, 0.1) is 6.04 Å². The van der Waals surface area contributed by atoms with Gasteiger partial charge >= 0.3 is 5.97 Å². The van der Waals surface area contributed by atoms with Gasteiger partial charge in [-0.3, -0.25) is 19.4 Å². The van der Waals surface area contributed by atoms with Crippen LogP contribution in [0.15, 0.2) is 4.99 Å². The molecule has 13 nitrogen and oxygen atoms in total. The number of carboxylic acids is 1. The topological polar surface area (TPSA) is 241 Å². The highest BCUT2D eigenvalue weighted by Crippen LogP contribution is 2.08. The molecule has 0 aliphatic carbocycles. The zero-order valence-corrected chi connectivity index (χ0v) is 22.3. The Balaban J connectivity index is 5.31. The van der Waals surface area contributed by atoms with Crippen LogP contribution in [0.2, 0.25) is 0 Å². The van der Waals surface area contributed by atoms with Gasteiger partial charge in [0.15, 0.2) is 5.96 Å². The number of carbonyl (C=O) groups excluding carboxylic acids is 3. The van der Waals surface area contributed by atoms with E-state index in [0.29, 0.717) is 44.5 Å². The molecular weight excluding hydrogens is 488 g/mol. The van der Waals surface area contributed by atoms with Crippen LogP contribution in [0.3, 0.4) is 0 Å². The summed E-state index contributed by atoms with van der Waals surface area (Å²) in [4.78, 5) is 54.0. The second kappa shape index (κ2) is 18.7. The predicted octanol–water partition coefficient (Wildman–Crippen LogP) is -1.56. The number of amides is 3. The van der Waals surface area contributed by atoms with Gasteiger partial charge in [-0.05, 0) is 63.0 Å². The van der Waals surface area contributed by atoms with Crippen LogP contribution in [0.4, 0.5) is 0 Å². The summed E-state index contributed by atoms with van der Waals surface area (Å²) in [7, 11) is 0. The van der Waals surface area contributed by atoms with Crippen molar-refractivity contribution in [3.8, 4) is 0 Å². The van der Waals surface area contributed by atoms with E-state index >= 15 is 0 Å². The zero-order chi connectivity index (χ0) is 27.7. The molecule has 14 heteroatoms. The average Bonchev–Trinajstić information content (AvgIpc) is 2.81. The molecule has 0 spiro atoms. The summed E-state index contributed by atoms with van der Waals surface area (Å²) < 4.78 is 0. The first-order valence-electron chi connectivity index (χ1n) is 12.1. The van der Waals surface area contributed by atoms with Crippen molar-refractivity contribution in [3.05, 3.63) is 0 Å². The molecule has 0 aromatic heterocycles. The molecule has 4 atom stereocenters. The highest BCUT2D eigenvalue weighted by atomic mass is 32.2. The van der Waals surface area contributed by atoms with E-state index in [1.54, 1.807) is 13.8 Å². The average molecular weight is 533 g/mol. The molecular formula is C22H44N8O5S. The molecule has 36 heavy (non-hydrogen) atoms. The van der Waals surface area contributed by atoms with Gasteiger partial charge < -0.3 is 44.0 Å². The molecule has 208 valence electrons. The van der Waals surface area contributed by atoms with E-state index in [0.717, 1.165) is 0 Å². The van der Waals surface area contributed by atoms with Crippen LogP contribution in [-0.2, 0) is 19.2 Å². The number of hydrogen-bond acceptors (Lipinski definition) is 8. The van der Waals surface area contributed by atoms with Crippen molar-refractivity contribution in [1.82, 2.24) is 16.0 Å². The summed E-state index contributed by atoms with van der Waals surface area (Å²) in [6.07, 6.45) is 4.34. The largest absolute Gasteiger partial charge is 0.480 e. The Morgan fingerprint density at radius 2 is 1.53 bits per heavy atom. The smallest absolute Gasteiger partial charge is 0.326 e. The van der Waals surface area contributed by atoms with Crippen molar-refractivity contribution in [2.75, 3.05) is 25.1 Å². The molecule has 0 fully saturated rings. The number of hydrogen-bond donors (Lipinski definition) is 8. The Bertz CT molecular complexity index is 733. The molecule has 4 unspecified atom stereocenters. The molecule has 0 saturated carbocycles. The van der Waals surface area contributed by atoms with Crippen molar-refractivity contribution < 1.29 is 24.3 Å². The van der Waals surface area contributed by atoms with Crippen LogP contribution < -0.4 is 38.9 Å². The summed E-state index contributed by atoms with van der Waals surface area (Å²) in [5.74, 6) is -2.62. The molecule has 3 amide bonds. The fourth-order valence-electron chi connectivity index (χ4n) is 3.23. The fraction of sp³-hybridized carbons (Fsp3) is 0.773. The summed E-state index contributed by atoms with van der Waals surface area (Å²) in [6, 6.07) is -3.87. The molecule has 0 heterocycles. The Kier molecular flexibility index (Phi) is 17.3. The zero-order valence-electron chi connectivity index (χ0n) is 21.5. The van der Waals surface area contributed by atoms with E-state index in [2.05, 4.69) is 20.9 Å². The van der Waals surface area contributed by atoms with Crippen molar-refractivity contribution >= 4 is 41.4 Å². The number of rotatable bonds is 19. The number of unbranched alkanes of at least 4 members (excludes halogenated alkanes) is 1. The third-order valence-electron chi connectivity index (χ3n) is 5.36. The number of nitrogens with one attached hydrogen (secondary N) is 3. The lowest BCUT2D eigenvalue weighted by molar-refractivity contribution is -0.142. The second-order valence-corrected chi connectivity index (χ2v) is 9.80. The number of aliphatic carboxylic acids is 1. The number of nitrogens with two attached hydrogens (primary N) is 4. The lowest BCUT2D eigenvalue weighted by Gasteiger charge is -2.27. The maximum atomic E-state index is 13.1. The SMILES string of the molecule is CSCCC(NC(=O)C(CCCCN)NC(=O)C(NC(=O)C(N)CCCN=C(N)N)C(C)C)C(=O)O. The molecule has 0 aliphatic rings. The maximum absolute atomic E-state index is 13.1. The van der Waals surface area contributed by atoms with Gasteiger partial charge in [-0.25, -0.2) is 4.79 Å². The van der Waals surface area contributed by atoms with E-state index in [-0.39, 0.29) is 24.7 Å². The first-order valence-corrected chi connectivity index (χ1v) is 13.5. The molecule has 0 radical (unpaired) electrons. The van der Waals surface area contributed by atoms with E-state index in [9.17, 15) is 24.3 Å². The van der Waals surface area contributed by atoms with Crippen LogP contribution in [0.1, 0.15) is 52.4 Å². The number of aliphatic imine (C=N–C) groups is 1. The molecule has 0 saturated heterocycles. The first kappa shape index (κ1) is 33.4. The Morgan fingerprint density at radius 3 is 2.06 bits per heavy atom. The predicted molar refractivity (Wildman–Crippen MR) is 142 cm³/mol. The lowest BCUT2D eigenvalue weighted by Crippen LogP contribution is -2.58. The Labute approximate surface area is 217 Å². The van der Waals surface area contributed by atoms with Gasteiger partial charge in [-0.1, -0.05) is 13.8 Å². The molecule has 0 aliphatic heterocycles. The van der Waals surface area contributed by atoms with E-state index in [1.165, 1.54) is 11.8 Å². The van der Waals surface area contributed by atoms with Gasteiger partial charge in [-0.15, -0.1) is 0 Å². The Hall–Kier alpha value is -2.58. The summed E-state index contributed by atoms with van der Waals surface area (Å²) in [6.45, 7) is 4.24. The van der Waals surface area contributed by atoms with Gasteiger partial charge in [0, 0.05) is 6.54 Å². The Morgan fingerprint density at radius 1 is 0.889 bits per heavy atom. The number of thioether (sulfide) groups is 1. The molecule has 0 aromatic rings. The van der Waals surface area contributed by atoms with Crippen molar-refractivity contribution in [2.24, 2.45) is 33.8 Å². The van der Waals surface area contributed by atoms with Crippen molar-refractivity contribution in [2.45, 2.75) is 76.5 Å². The monoisotopic (exact) mass is 532 g/mol. The summed E-state index contributed by atoms with van der Waals surface area (Å²) in [5.41, 5.74) is 22.0. The molecule has 12 N–H and O–H groups in total. The highest BCUT2D eigenvalue weighted by molar-refractivity contribution is 7.98. The molecule has 0 bridgehead atoms. The lowest BCUT2D eigenvalue weighted by atomic mass is 10.0. The third kappa shape index (κ3) is 14.1. The standard InChI is InChI=1S/C22H44N8O5S/c1-13(2)17(30-18(31)14(24)7-6-11-27-22(25)26)20(33)28-15(8-4-5-10-23)19(32)29-16(21(34)35)9-12-36-3/h13-17H,4-12,23-24H2,1-3H3,(H,28,33)(H,29,32)(H,30,31)(H,34,35)(H4,25,26,27). The van der Waals surface area contributed by atoms with Crippen LogP contribution in [-0.4, -0.2) is 84.0 Å². The molecule has 0 rings (SSSR count). The number of nitrogens with zero attached hydrogens (tertiary/aromatic N) is 1. The van der Waals surface area contributed by atoms with Gasteiger partial charge in [0.2, 0.25) is 17.7 Å². The third-order valence-corrected chi connectivity index (χ3v) is 6.00. The van der Waals surface area contributed by atoms with Crippen LogP contribution in [0.5, 0.6) is 0 Å². The minimum Gasteiger partial charge on any atom is -0.480 e. The van der Waals surface area contributed by atoms with Gasteiger partial charge in [0.1, 0.15) is 18.1 Å². The highest BCUT2D eigenvalue weighted by Gasteiger charge is 2.31. The minimum absolute atomic E-state index is 0.0476. The number of carbonyl (C=O) groups is 4. The van der Waals surface area contributed by atoms with E-state index < -0.39 is 47.9 Å². The van der Waals surface area contributed by atoms with Crippen LogP contribution >= 0.6 is 11.8 Å². The maximum Gasteiger partial charge on any atom is 0.326 e. The number of guanidine groups is 1. The second-order valence-electron chi connectivity index (χ2n) is 8.81. The summed E-state index contributed by atoms with van der Waals surface area (Å²) in [5, 5.41) is 17.3. The summed E-state index contributed by atoms with van der Waals surface area (Å²) >= 11 is 1.47. The molecule has 0 aromatic carbocycles. The van der Waals surface area contributed by atoms with Crippen LogP contribution in [0, 0.1) is 5.92 Å². The van der Waals surface area contributed by atoms with Crippen molar-refractivity contribution in [3.63, 3.8) is 0 Å². The minimum atomic E-state index is -1.15. The normalized spacial score (nSPS) is 14.3. The fourth-order valence-corrected chi connectivity index (χ4v) is 3.71. The quantitative estimate of drug-likeness (QED) is 0.0540. The van der Waals surface area contributed by atoms with E-state index in [4.69, 9.17) is 22.9 Å². The van der Waals surface area contributed by atoms with Crippen molar-refractivity contribution in [1.29, 1.82) is 0 Å². The van der Waals surface area contributed by atoms with Gasteiger partial charge in [-0.2, -0.15) is 11.8 Å². The number of carboxylic acid groups (broad SMARTS) is 1. The van der Waals surface area contributed by atoms with Gasteiger partial charge in [0.25, 0.3) is 0 Å². The van der Waals surface area contributed by atoms with Crippen LogP contribution in [0.25, 0.3) is 0 Å².